The van der Waals surface area contributed by atoms with Gasteiger partial charge in [-0.15, -0.1) is 23.4 Å². The number of alkyl halides is 1. The topological polar surface area (TPSA) is 69.5 Å². The molecular weight excluding hydrogens is 210 g/mol. The van der Waals surface area contributed by atoms with Crippen LogP contribution in [0, 0.1) is 11.3 Å². The SMILES string of the molecule is CSc1nc(CCl)[nH]c(=O)c1C#N. The summed E-state index contributed by atoms with van der Waals surface area (Å²) in [6, 6.07) is 1.80. The highest BCUT2D eigenvalue weighted by Crippen LogP contribution is 2.13. The number of aromatic nitrogens is 2. The molecular formula is C7H6ClN3OS. The predicted octanol–water partition coefficient (Wildman–Crippen LogP) is 1.10. The Balaban J connectivity index is 3.40. The first kappa shape index (κ1) is 10.1. The van der Waals surface area contributed by atoms with E-state index in [0.717, 1.165) is 0 Å². The molecule has 0 amide bonds. The van der Waals surface area contributed by atoms with Crippen LogP contribution in [0.4, 0.5) is 0 Å². The number of hydrogen-bond acceptors (Lipinski definition) is 4. The van der Waals surface area contributed by atoms with Gasteiger partial charge in [-0.1, -0.05) is 0 Å². The molecule has 0 bridgehead atoms. The molecule has 1 aromatic heterocycles. The third-order valence-corrected chi connectivity index (χ3v) is 2.30. The Bertz CT molecular complexity index is 409. The maximum atomic E-state index is 11.2. The minimum atomic E-state index is -0.433. The maximum Gasteiger partial charge on any atom is 0.270 e. The number of rotatable bonds is 2. The fourth-order valence-corrected chi connectivity index (χ4v) is 1.48. The van der Waals surface area contributed by atoms with Gasteiger partial charge in [-0.3, -0.25) is 4.79 Å². The Hall–Kier alpha value is -0.990. The van der Waals surface area contributed by atoms with Gasteiger partial charge in [-0.05, 0) is 6.26 Å². The first-order valence-electron chi connectivity index (χ1n) is 3.36. The summed E-state index contributed by atoms with van der Waals surface area (Å²) in [5.41, 5.74) is -0.390. The fraction of sp³-hybridized carbons (Fsp3) is 0.286. The summed E-state index contributed by atoms with van der Waals surface area (Å²) < 4.78 is 0. The number of nitriles is 1. The van der Waals surface area contributed by atoms with Crippen molar-refractivity contribution < 1.29 is 0 Å². The Labute approximate surface area is 83.9 Å². The van der Waals surface area contributed by atoms with Crippen LogP contribution in [0.2, 0.25) is 0 Å². The van der Waals surface area contributed by atoms with E-state index in [9.17, 15) is 4.79 Å². The molecule has 1 rings (SSSR count). The molecule has 0 spiro atoms. The predicted molar refractivity (Wildman–Crippen MR) is 50.9 cm³/mol. The summed E-state index contributed by atoms with van der Waals surface area (Å²) >= 11 is 6.75. The largest absolute Gasteiger partial charge is 0.308 e. The minimum Gasteiger partial charge on any atom is -0.308 e. The van der Waals surface area contributed by atoms with E-state index >= 15 is 0 Å². The lowest BCUT2D eigenvalue weighted by molar-refractivity contribution is 0.915. The zero-order chi connectivity index (χ0) is 9.84. The van der Waals surface area contributed by atoms with Gasteiger partial charge >= 0.3 is 0 Å². The van der Waals surface area contributed by atoms with E-state index in [1.165, 1.54) is 11.8 Å². The van der Waals surface area contributed by atoms with Gasteiger partial charge in [0, 0.05) is 0 Å². The zero-order valence-corrected chi connectivity index (χ0v) is 8.37. The molecule has 6 heteroatoms. The van der Waals surface area contributed by atoms with Crippen LogP contribution in [-0.2, 0) is 5.88 Å². The van der Waals surface area contributed by atoms with E-state index in [-0.39, 0.29) is 11.4 Å². The average molecular weight is 216 g/mol. The number of H-pyrrole nitrogens is 1. The number of hydrogen-bond donors (Lipinski definition) is 1. The van der Waals surface area contributed by atoms with Gasteiger partial charge in [-0.25, -0.2) is 4.98 Å². The van der Waals surface area contributed by atoms with Gasteiger partial charge < -0.3 is 4.98 Å². The molecule has 13 heavy (non-hydrogen) atoms. The number of nitrogens with one attached hydrogen (secondary N) is 1. The molecule has 0 aromatic carbocycles. The van der Waals surface area contributed by atoms with Gasteiger partial charge in [0.2, 0.25) is 0 Å². The van der Waals surface area contributed by atoms with E-state index in [4.69, 9.17) is 16.9 Å². The second-order valence-electron chi connectivity index (χ2n) is 2.14. The molecule has 0 unspecified atom stereocenters. The molecule has 1 N–H and O–H groups in total. The molecule has 0 saturated carbocycles. The summed E-state index contributed by atoms with van der Waals surface area (Å²) in [6.45, 7) is 0. The number of nitrogens with zero attached hydrogens (tertiary/aromatic N) is 2. The van der Waals surface area contributed by atoms with Crippen LogP contribution >= 0.6 is 23.4 Å². The van der Waals surface area contributed by atoms with Gasteiger partial charge in [0.15, 0.2) is 0 Å². The Morgan fingerprint density at radius 2 is 2.46 bits per heavy atom. The summed E-state index contributed by atoms with van der Waals surface area (Å²) in [6.07, 6.45) is 1.75. The molecule has 0 fully saturated rings. The summed E-state index contributed by atoms with van der Waals surface area (Å²) in [7, 11) is 0. The lowest BCUT2D eigenvalue weighted by Crippen LogP contribution is -2.15. The maximum absolute atomic E-state index is 11.2. The van der Waals surface area contributed by atoms with Gasteiger partial charge in [0.1, 0.15) is 22.5 Å². The Morgan fingerprint density at radius 3 is 2.92 bits per heavy atom. The van der Waals surface area contributed by atoms with E-state index < -0.39 is 5.56 Å². The van der Waals surface area contributed by atoms with Crippen LogP contribution in [-0.4, -0.2) is 16.2 Å². The number of aromatic amines is 1. The monoisotopic (exact) mass is 215 g/mol. The molecule has 4 nitrogen and oxygen atoms in total. The molecule has 0 aliphatic rings. The highest BCUT2D eigenvalue weighted by atomic mass is 35.5. The van der Waals surface area contributed by atoms with Crippen molar-refractivity contribution in [3.8, 4) is 6.07 Å². The molecule has 68 valence electrons. The molecule has 0 saturated heterocycles. The minimum absolute atomic E-state index is 0.0429. The second kappa shape index (κ2) is 4.30. The Morgan fingerprint density at radius 1 is 1.77 bits per heavy atom. The van der Waals surface area contributed by atoms with Gasteiger partial charge in [0.05, 0.1) is 5.88 Å². The van der Waals surface area contributed by atoms with Crippen molar-refractivity contribution in [2.24, 2.45) is 0 Å². The van der Waals surface area contributed by atoms with Crippen molar-refractivity contribution in [2.75, 3.05) is 6.26 Å². The van der Waals surface area contributed by atoms with Crippen LogP contribution in [0.5, 0.6) is 0 Å². The van der Waals surface area contributed by atoms with Crippen LogP contribution in [0.25, 0.3) is 0 Å². The van der Waals surface area contributed by atoms with Crippen LogP contribution in [0.15, 0.2) is 9.82 Å². The number of halogens is 1. The van der Waals surface area contributed by atoms with Crippen molar-refractivity contribution in [1.82, 2.24) is 9.97 Å². The first-order chi connectivity index (χ1) is 6.22. The molecule has 0 aliphatic heterocycles. The van der Waals surface area contributed by atoms with Crippen molar-refractivity contribution in [1.29, 1.82) is 5.26 Å². The molecule has 0 atom stereocenters. The van der Waals surface area contributed by atoms with Crippen molar-refractivity contribution in [3.05, 3.63) is 21.7 Å². The third-order valence-electron chi connectivity index (χ3n) is 1.37. The highest BCUT2D eigenvalue weighted by molar-refractivity contribution is 7.98. The van der Waals surface area contributed by atoms with Gasteiger partial charge in [0.25, 0.3) is 5.56 Å². The third kappa shape index (κ3) is 2.02. The smallest absolute Gasteiger partial charge is 0.270 e. The van der Waals surface area contributed by atoms with E-state index in [1.54, 1.807) is 12.3 Å². The summed E-state index contributed by atoms with van der Waals surface area (Å²) in [5, 5.41) is 9.06. The Kier molecular flexibility index (Phi) is 3.34. The quantitative estimate of drug-likeness (QED) is 0.456. The van der Waals surface area contributed by atoms with Crippen LogP contribution in [0.3, 0.4) is 0 Å². The van der Waals surface area contributed by atoms with Crippen molar-refractivity contribution in [3.63, 3.8) is 0 Å². The average Bonchev–Trinajstić information content (AvgIpc) is 2.16. The fourth-order valence-electron chi connectivity index (χ4n) is 0.807. The molecule has 1 heterocycles. The molecule has 0 radical (unpaired) electrons. The molecule has 1 aromatic rings. The van der Waals surface area contributed by atoms with E-state index in [2.05, 4.69) is 9.97 Å². The number of thioether (sulfide) groups is 1. The van der Waals surface area contributed by atoms with Crippen LogP contribution < -0.4 is 5.56 Å². The highest BCUT2D eigenvalue weighted by Gasteiger charge is 2.08. The summed E-state index contributed by atoms with van der Waals surface area (Å²) in [4.78, 5) is 17.6. The normalized spacial score (nSPS) is 9.62. The zero-order valence-electron chi connectivity index (χ0n) is 6.80. The summed E-state index contributed by atoms with van der Waals surface area (Å²) in [5.74, 6) is 0.518. The lowest BCUT2D eigenvalue weighted by atomic mass is 10.4. The van der Waals surface area contributed by atoms with Gasteiger partial charge in [-0.2, -0.15) is 5.26 Å². The second-order valence-corrected chi connectivity index (χ2v) is 3.20. The molecule has 0 aliphatic carbocycles. The van der Waals surface area contributed by atoms with Crippen LogP contribution in [0.1, 0.15) is 11.4 Å². The van der Waals surface area contributed by atoms with E-state index in [1.807, 2.05) is 0 Å². The van der Waals surface area contributed by atoms with Crippen molar-refractivity contribution >= 4 is 23.4 Å². The van der Waals surface area contributed by atoms with Crippen molar-refractivity contribution in [2.45, 2.75) is 10.9 Å². The first-order valence-corrected chi connectivity index (χ1v) is 5.12. The standard InChI is InChI=1S/C7H6ClN3OS/c1-13-7-4(3-9)6(12)10-5(2-8)11-7/h2H2,1H3,(H,10,11,12). The lowest BCUT2D eigenvalue weighted by Gasteiger charge is -2.00. The van der Waals surface area contributed by atoms with E-state index in [0.29, 0.717) is 10.9 Å².